The van der Waals surface area contributed by atoms with Crippen molar-refractivity contribution in [1.29, 1.82) is 0 Å². The molecule has 0 saturated carbocycles. The van der Waals surface area contributed by atoms with Gasteiger partial charge in [-0.05, 0) is 30.2 Å². The zero-order valence-electron chi connectivity index (χ0n) is 10.6. The van der Waals surface area contributed by atoms with Crippen LogP contribution in [0.1, 0.15) is 5.56 Å². The Labute approximate surface area is 117 Å². The molecule has 0 saturated heterocycles. The van der Waals surface area contributed by atoms with Gasteiger partial charge in [-0.3, -0.25) is 11.3 Å². The molecule has 0 aliphatic carbocycles. The van der Waals surface area contributed by atoms with Crippen molar-refractivity contribution in [1.82, 2.24) is 5.43 Å². The van der Waals surface area contributed by atoms with E-state index < -0.39 is 0 Å². The molecule has 0 aliphatic rings. The maximum atomic E-state index is 13.1. The molecular weight excluding hydrogens is 259 g/mol. The maximum absolute atomic E-state index is 13.1. The van der Waals surface area contributed by atoms with E-state index in [1.54, 1.807) is 23.9 Å². The molecule has 0 amide bonds. The third-order valence-corrected chi connectivity index (χ3v) is 3.96. The molecule has 0 aliphatic heterocycles. The fourth-order valence-electron chi connectivity index (χ4n) is 1.82. The van der Waals surface area contributed by atoms with E-state index in [-0.39, 0.29) is 11.9 Å². The van der Waals surface area contributed by atoms with Gasteiger partial charge in [-0.25, -0.2) is 4.39 Å². The third-order valence-electron chi connectivity index (χ3n) is 2.81. The van der Waals surface area contributed by atoms with Crippen molar-refractivity contribution < 1.29 is 4.39 Å². The van der Waals surface area contributed by atoms with E-state index in [2.05, 4.69) is 17.6 Å². The van der Waals surface area contributed by atoms with Crippen molar-refractivity contribution in [3.05, 3.63) is 66.0 Å². The Morgan fingerprint density at radius 3 is 2.58 bits per heavy atom. The van der Waals surface area contributed by atoms with Gasteiger partial charge in [0.05, 0.1) is 0 Å². The Bertz CT molecular complexity index is 505. The lowest BCUT2D eigenvalue weighted by Gasteiger charge is -2.15. The summed E-state index contributed by atoms with van der Waals surface area (Å²) in [6.45, 7) is 0. The van der Waals surface area contributed by atoms with Crippen LogP contribution in [0, 0.1) is 5.82 Å². The van der Waals surface area contributed by atoms with Crippen LogP contribution in [0.2, 0.25) is 0 Å². The lowest BCUT2D eigenvalue weighted by molar-refractivity contribution is 0.575. The Hall–Kier alpha value is -1.36. The van der Waals surface area contributed by atoms with Gasteiger partial charge in [0.1, 0.15) is 5.82 Å². The second-order valence-corrected chi connectivity index (χ2v) is 5.42. The monoisotopic (exact) mass is 276 g/mol. The molecule has 3 N–H and O–H groups in total. The standard InChI is InChI=1S/C15H17FN2S/c16-13-7-4-8-15(10-13)19-11-14(18-17)9-12-5-2-1-3-6-12/h1-8,10,14,18H,9,11,17H2. The van der Waals surface area contributed by atoms with Crippen molar-refractivity contribution in [2.24, 2.45) is 5.84 Å². The van der Waals surface area contributed by atoms with Gasteiger partial charge < -0.3 is 0 Å². The summed E-state index contributed by atoms with van der Waals surface area (Å²) in [5, 5.41) is 0. The van der Waals surface area contributed by atoms with E-state index in [0.29, 0.717) is 0 Å². The first-order chi connectivity index (χ1) is 9.28. The number of hydrogen-bond donors (Lipinski definition) is 2. The highest BCUT2D eigenvalue weighted by Crippen LogP contribution is 2.20. The highest BCUT2D eigenvalue weighted by atomic mass is 32.2. The molecule has 4 heteroatoms. The van der Waals surface area contributed by atoms with Crippen LogP contribution in [0.25, 0.3) is 0 Å². The lowest BCUT2D eigenvalue weighted by Crippen LogP contribution is -2.38. The highest BCUT2D eigenvalue weighted by molar-refractivity contribution is 7.99. The summed E-state index contributed by atoms with van der Waals surface area (Å²) >= 11 is 1.60. The number of nitrogens with one attached hydrogen (secondary N) is 1. The first-order valence-corrected chi connectivity index (χ1v) is 7.15. The van der Waals surface area contributed by atoms with E-state index in [9.17, 15) is 4.39 Å². The minimum atomic E-state index is -0.203. The molecular formula is C15H17FN2S. The number of hydrazine groups is 1. The molecule has 2 aromatic rings. The van der Waals surface area contributed by atoms with Crippen LogP contribution in [0.3, 0.4) is 0 Å². The van der Waals surface area contributed by atoms with Crippen LogP contribution >= 0.6 is 11.8 Å². The van der Waals surface area contributed by atoms with Crippen molar-refractivity contribution in [2.75, 3.05) is 5.75 Å². The van der Waals surface area contributed by atoms with Crippen molar-refractivity contribution in [2.45, 2.75) is 17.4 Å². The van der Waals surface area contributed by atoms with E-state index in [1.165, 1.54) is 11.6 Å². The topological polar surface area (TPSA) is 38.0 Å². The Morgan fingerprint density at radius 1 is 1.11 bits per heavy atom. The smallest absolute Gasteiger partial charge is 0.124 e. The Morgan fingerprint density at radius 2 is 1.89 bits per heavy atom. The zero-order valence-corrected chi connectivity index (χ0v) is 11.4. The largest absolute Gasteiger partial charge is 0.271 e. The molecule has 1 unspecified atom stereocenters. The van der Waals surface area contributed by atoms with Gasteiger partial charge in [-0.15, -0.1) is 11.8 Å². The summed E-state index contributed by atoms with van der Waals surface area (Å²) in [6, 6.07) is 17.0. The minimum absolute atomic E-state index is 0.163. The van der Waals surface area contributed by atoms with Crippen molar-refractivity contribution >= 4 is 11.8 Å². The average Bonchev–Trinajstić information content (AvgIpc) is 2.44. The molecule has 0 bridgehead atoms. The van der Waals surface area contributed by atoms with E-state index >= 15 is 0 Å². The fraction of sp³-hybridized carbons (Fsp3) is 0.200. The Kier molecular flexibility index (Phi) is 5.39. The predicted molar refractivity (Wildman–Crippen MR) is 78.4 cm³/mol. The molecule has 100 valence electrons. The summed E-state index contributed by atoms with van der Waals surface area (Å²) in [5.74, 6) is 6.17. The van der Waals surface area contributed by atoms with Crippen LogP contribution in [0.4, 0.5) is 4.39 Å². The third kappa shape index (κ3) is 4.67. The molecule has 0 spiro atoms. The summed E-state index contributed by atoms with van der Waals surface area (Å²) in [5.41, 5.74) is 4.06. The van der Waals surface area contributed by atoms with Crippen LogP contribution in [-0.2, 0) is 6.42 Å². The SMILES string of the molecule is NNC(CSc1cccc(F)c1)Cc1ccccc1. The van der Waals surface area contributed by atoms with Crippen LogP contribution in [-0.4, -0.2) is 11.8 Å². The van der Waals surface area contributed by atoms with Gasteiger partial charge in [0.2, 0.25) is 0 Å². The van der Waals surface area contributed by atoms with Crippen LogP contribution in [0.15, 0.2) is 59.5 Å². The normalized spacial score (nSPS) is 12.3. The molecule has 2 rings (SSSR count). The molecule has 0 heterocycles. The molecule has 0 aromatic heterocycles. The number of halogens is 1. The van der Waals surface area contributed by atoms with Gasteiger partial charge >= 0.3 is 0 Å². The van der Waals surface area contributed by atoms with Gasteiger partial charge in [-0.2, -0.15) is 0 Å². The molecule has 19 heavy (non-hydrogen) atoms. The van der Waals surface area contributed by atoms with E-state index in [4.69, 9.17) is 5.84 Å². The summed E-state index contributed by atoms with van der Waals surface area (Å²) < 4.78 is 13.1. The number of rotatable bonds is 6. The van der Waals surface area contributed by atoms with Crippen molar-refractivity contribution in [3.63, 3.8) is 0 Å². The first-order valence-electron chi connectivity index (χ1n) is 6.16. The maximum Gasteiger partial charge on any atom is 0.124 e. The molecule has 2 nitrogen and oxygen atoms in total. The number of hydrogen-bond acceptors (Lipinski definition) is 3. The van der Waals surface area contributed by atoms with Gasteiger partial charge in [0, 0.05) is 16.7 Å². The van der Waals surface area contributed by atoms with Gasteiger partial charge in [-0.1, -0.05) is 36.4 Å². The quantitative estimate of drug-likeness (QED) is 0.484. The number of benzene rings is 2. The predicted octanol–water partition coefficient (Wildman–Crippen LogP) is 2.99. The average molecular weight is 276 g/mol. The second-order valence-electron chi connectivity index (χ2n) is 4.32. The zero-order chi connectivity index (χ0) is 13.5. The minimum Gasteiger partial charge on any atom is -0.271 e. The van der Waals surface area contributed by atoms with Crippen molar-refractivity contribution in [3.8, 4) is 0 Å². The van der Waals surface area contributed by atoms with E-state index in [0.717, 1.165) is 17.1 Å². The molecule has 0 radical (unpaired) electrons. The highest BCUT2D eigenvalue weighted by Gasteiger charge is 2.08. The summed E-state index contributed by atoms with van der Waals surface area (Å²) in [4.78, 5) is 0.924. The molecule has 1 atom stereocenters. The van der Waals surface area contributed by atoms with Gasteiger partial charge in [0.15, 0.2) is 0 Å². The lowest BCUT2D eigenvalue weighted by atomic mass is 10.1. The summed E-state index contributed by atoms with van der Waals surface area (Å²) in [7, 11) is 0. The number of nitrogens with two attached hydrogens (primary N) is 1. The molecule has 2 aromatic carbocycles. The Balaban J connectivity index is 1.89. The van der Waals surface area contributed by atoms with Gasteiger partial charge in [0.25, 0.3) is 0 Å². The molecule has 0 fully saturated rings. The summed E-state index contributed by atoms with van der Waals surface area (Å²) in [6.07, 6.45) is 0.861. The van der Waals surface area contributed by atoms with E-state index in [1.807, 2.05) is 24.3 Å². The second kappa shape index (κ2) is 7.28. The van der Waals surface area contributed by atoms with Crippen LogP contribution < -0.4 is 11.3 Å². The fourth-order valence-corrected chi connectivity index (χ4v) is 2.80. The first kappa shape index (κ1) is 14.1. The number of thioether (sulfide) groups is 1. The van der Waals surface area contributed by atoms with Crippen LogP contribution in [0.5, 0.6) is 0 Å².